The molecule has 4 N–H and O–H groups in total. The number of carbonyl (C=O) groups is 1. The summed E-state index contributed by atoms with van der Waals surface area (Å²) in [5.74, 6) is -0.570. The summed E-state index contributed by atoms with van der Waals surface area (Å²) in [4.78, 5) is 19.3. The molecule has 3 heterocycles. The third-order valence-electron chi connectivity index (χ3n) is 4.69. The fourth-order valence-electron chi connectivity index (χ4n) is 3.23. The number of halogens is 4. The third kappa shape index (κ3) is 3.87. The minimum Gasteiger partial charge on any atom is -0.368 e. The van der Waals surface area contributed by atoms with Crippen LogP contribution < -0.4 is 10.6 Å². The summed E-state index contributed by atoms with van der Waals surface area (Å²) >= 11 is 6.10. The maximum Gasteiger partial charge on any atom is 0.435 e. The number of para-hydroxylation sites is 1. The van der Waals surface area contributed by atoms with Gasteiger partial charge in [-0.1, -0.05) is 29.8 Å². The second-order valence-corrected chi connectivity index (χ2v) is 7.13. The van der Waals surface area contributed by atoms with Crippen molar-refractivity contribution in [3.63, 3.8) is 0 Å². The molecule has 12 heteroatoms. The molecule has 8 nitrogen and oxygen atoms in total. The predicted molar refractivity (Wildman–Crippen MR) is 112 cm³/mol. The molecule has 4 aromatic rings. The van der Waals surface area contributed by atoms with Gasteiger partial charge in [0.25, 0.3) is 5.91 Å². The molecule has 1 aromatic carbocycles. The highest BCUT2D eigenvalue weighted by Crippen LogP contribution is 2.34. The number of nitrogens with zero attached hydrogens (tertiary/aromatic N) is 3. The van der Waals surface area contributed by atoms with Crippen molar-refractivity contribution in [3.05, 3.63) is 70.8 Å². The molecule has 1 unspecified atom stereocenters. The number of amides is 1. The minimum absolute atomic E-state index is 0.0379. The van der Waals surface area contributed by atoms with Gasteiger partial charge in [0.1, 0.15) is 5.69 Å². The zero-order chi connectivity index (χ0) is 23.0. The number of rotatable bonds is 5. The SMILES string of the molecule is CNC(=O)c1[nH]c2ccccc2c1NC(O)c1cc(C(F)(F)F)nn1-c1ncccc1Cl. The van der Waals surface area contributed by atoms with E-state index < -0.39 is 24.0 Å². The molecule has 0 saturated carbocycles. The number of hydrogen-bond donors (Lipinski definition) is 4. The molecule has 0 radical (unpaired) electrons. The van der Waals surface area contributed by atoms with Gasteiger partial charge in [-0.3, -0.25) is 4.79 Å². The van der Waals surface area contributed by atoms with E-state index in [-0.39, 0.29) is 27.9 Å². The average Bonchev–Trinajstić information content (AvgIpc) is 3.36. The molecule has 0 fully saturated rings. The van der Waals surface area contributed by atoms with Crippen LogP contribution in [0.5, 0.6) is 0 Å². The number of alkyl halides is 3. The van der Waals surface area contributed by atoms with Crippen molar-refractivity contribution >= 4 is 34.1 Å². The van der Waals surface area contributed by atoms with Crippen LogP contribution in [-0.2, 0) is 6.18 Å². The number of aromatic nitrogens is 4. The predicted octanol–water partition coefficient (Wildman–Crippen LogP) is 3.88. The number of benzene rings is 1. The molecule has 1 amide bonds. The number of aliphatic hydroxyl groups excluding tert-OH is 1. The Labute approximate surface area is 184 Å². The van der Waals surface area contributed by atoms with Gasteiger partial charge >= 0.3 is 6.18 Å². The van der Waals surface area contributed by atoms with Gasteiger partial charge in [0.15, 0.2) is 17.7 Å². The largest absolute Gasteiger partial charge is 0.435 e. The number of anilines is 1. The van der Waals surface area contributed by atoms with E-state index in [2.05, 4.69) is 25.7 Å². The lowest BCUT2D eigenvalue weighted by Gasteiger charge is -2.16. The quantitative estimate of drug-likeness (QED) is 0.335. The number of aliphatic hydroxyl groups is 1. The van der Waals surface area contributed by atoms with E-state index in [1.807, 2.05) is 0 Å². The number of fused-ring (bicyclic) bond motifs is 1. The second kappa shape index (κ2) is 8.17. The van der Waals surface area contributed by atoms with Crippen molar-refractivity contribution < 1.29 is 23.1 Å². The number of nitrogens with one attached hydrogen (secondary N) is 3. The lowest BCUT2D eigenvalue weighted by Crippen LogP contribution is -2.21. The summed E-state index contributed by atoms with van der Waals surface area (Å²) in [6, 6.07) is 10.5. The lowest BCUT2D eigenvalue weighted by molar-refractivity contribution is -0.141. The average molecular weight is 465 g/mol. The summed E-state index contributed by atoms with van der Waals surface area (Å²) in [5.41, 5.74) is -0.601. The van der Waals surface area contributed by atoms with E-state index in [9.17, 15) is 23.1 Å². The Morgan fingerprint density at radius 2 is 2.00 bits per heavy atom. The van der Waals surface area contributed by atoms with Crippen molar-refractivity contribution in [2.45, 2.75) is 12.4 Å². The Bertz CT molecular complexity index is 1300. The van der Waals surface area contributed by atoms with Gasteiger partial charge in [0.05, 0.1) is 16.4 Å². The summed E-state index contributed by atoms with van der Waals surface area (Å²) in [6.07, 6.45) is -5.13. The van der Waals surface area contributed by atoms with Crippen LogP contribution in [0.15, 0.2) is 48.7 Å². The summed E-state index contributed by atoms with van der Waals surface area (Å²) < 4.78 is 40.9. The molecule has 0 saturated heterocycles. The van der Waals surface area contributed by atoms with Gasteiger partial charge in [-0.2, -0.15) is 18.3 Å². The van der Waals surface area contributed by atoms with Gasteiger partial charge in [-0.25, -0.2) is 9.67 Å². The molecule has 32 heavy (non-hydrogen) atoms. The van der Waals surface area contributed by atoms with Crippen molar-refractivity contribution in [2.24, 2.45) is 0 Å². The van der Waals surface area contributed by atoms with E-state index >= 15 is 0 Å². The topological polar surface area (TPSA) is 108 Å². The fourth-order valence-corrected chi connectivity index (χ4v) is 3.43. The molecule has 166 valence electrons. The van der Waals surface area contributed by atoms with Crippen LogP contribution in [0, 0.1) is 0 Å². The maximum absolute atomic E-state index is 13.4. The van der Waals surface area contributed by atoms with Crippen LogP contribution in [-0.4, -0.2) is 37.8 Å². The van der Waals surface area contributed by atoms with Crippen LogP contribution in [0.2, 0.25) is 5.02 Å². The molecular formula is C20H16ClF3N6O2. The van der Waals surface area contributed by atoms with Gasteiger partial charge in [0, 0.05) is 24.1 Å². The maximum atomic E-state index is 13.4. The highest BCUT2D eigenvalue weighted by Gasteiger charge is 2.36. The first-order chi connectivity index (χ1) is 15.2. The van der Waals surface area contributed by atoms with Crippen LogP contribution >= 0.6 is 11.6 Å². The third-order valence-corrected chi connectivity index (χ3v) is 4.98. The zero-order valence-corrected chi connectivity index (χ0v) is 17.2. The number of H-pyrrole nitrogens is 1. The lowest BCUT2D eigenvalue weighted by atomic mass is 10.2. The van der Waals surface area contributed by atoms with Crippen molar-refractivity contribution in [2.75, 3.05) is 12.4 Å². The van der Waals surface area contributed by atoms with Crippen molar-refractivity contribution in [1.29, 1.82) is 0 Å². The highest BCUT2D eigenvalue weighted by atomic mass is 35.5. The minimum atomic E-state index is -4.77. The molecule has 0 aliphatic carbocycles. The van der Waals surface area contributed by atoms with Crippen LogP contribution in [0.1, 0.15) is 28.1 Å². The molecule has 0 bridgehead atoms. The van der Waals surface area contributed by atoms with E-state index in [0.29, 0.717) is 17.0 Å². The van der Waals surface area contributed by atoms with Gasteiger partial charge in [0.2, 0.25) is 0 Å². The molecule has 0 aliphatic rings. The smallest absolute Gasteiger partial charge is 0.368 e. The molecule has 0 aliphatic heterocycles. The number of hydrogen-bond acceptors (Lipinski definition) is 5. The molecule has 0 spiro atoms. The van der Waals surface area contributed by atoms with Crippen LogP contribution in [0.3, 0.4) is 0 Å². The Kier molecular flexibility index (Phi) is 5.53. The van der Waals surface area contributed by atoms with Gasteiger partial charge < -0.3 is 20.7 Å². The fraction of sp³-hybridized carbons (Fsp3) is 0.150. The molecule has 1 atom stereocenters. The van der Waals surface area contributed by atoms with E-state index in [1.54, 1.807) is 24.3 Å². The van der Waals surface area contributed by atoms with Crippen LogP contribution in [0.4, 0.5) is 18.9 Å². The zero-order valence-electron chi connectivity index (χ0n) is 16.4. The van der Waals surface area contributed by atoms with E-state index in [1.165, 1.54) is 25.4 Å². The standard InChI is InChI=1S/C20H16ClF3N6O2/c1-25-19(32)16-15(10-5-2-3-7-12(10)27-16)28-18(31)13-9-14(20(22,23)24)29-30(13)17-11(21)6-4-8-26-17/h2-9,18,27-28,31H,1H3,(H,25,32). The first kappa shape index (κ1) is 21.7. The second-order valence-electron chi connectivity index (χ2n) is 6.72. The molecule has 4 rings (SSSR count). The summed E-state index contributed by atoms with van der Waals surface area (Å²) in [6.45, 7) is 0. The Hall–Kier alpha value is -3.57. The Morgan fingerprint density at radius 1 is 1.25 bits per heavy atom. The van der Waals surface area contributed by atoms with Crippen LogP contribution in [0.25, 0.3) is 16.7 Å². The van der Waals surface area contributed by atoms with Crippen molar-refractivity contribution in [1.82, 2.24) is 25.1 Å². The monoisotopic (exact) mass is 464 g/mol. The normalized spacial score (nSPS) is 12.7. The van der Waals surface area contributed by atoms with Gasteiger partial charge in [-0.15, -0.1) is 0 Å². The Morgan fingerprint density at radius 3 is 2.69 bits per heavy atom. The van der Waals surface area contributed by atoms with Crippen molar-refractivity contribution in [3.8, 4) is 5.82 Å². The molecule has 3 aromatic heterocycles. The number of aromatic amines is 1. The Balaban J connectivity index is 1.83. The first-order valence-electron chi connectivity index (χ1n) is 9.26. The summed E-state index contributed by atoms with van der Waals surface area (Å²) in [7, 11) is 1.43. The first-order valence-corrected chi connectivity index (χ1v) is 9.64. The van der Waals surface area contributed by atoms with E-state index in [0.717, 1.165) is 4.68 Å². The number of carbonyl (C=O) groups excluding carboxylic acids is 1. The summed E-state index contributed by atoms with van der Waals surface area (Å²) in [5, 5.41) is 20.2. The van der Waals surface area contributed by atoms with Gasteiger partial charge in [-0.05, 0) is 24.3 Å². The number of pyridine rings is 1. The van der Waals surface area contributed by atoms with E-state index in [4.69, 9.17) is 11.6 Å². The molecular weight excluding hydrogens is 449 g/mol. The highest BCUT2D eigenvalue weighted by molar-refractivity contribution is 6.32.